The first kappa shape index (κ1) is 14.0. The maximum atomic E-state index is 5.69. The highest BCUT2D eigenvalue weighted by atomic mass is 32.1. The highest BCUT2D eigenvalue weighted by molar-refractivity contribution is 7.09. The van der Waals surface area contributed by atoms with Crippen LogP contribution >= 0.6 is 11.3 Å². The summed E-state index contributed by atoms with van der Waals surface area (Å²) in [4.78, 5) is 5.67. The number of aromatic nitrogens is 1. The first-order chi connectivity index (χ1) is 9.29. The van der Waals surface area contributed by atoms with Crippen LogP contribution < -0.4 is 10.1 Å². The molecule has 4 heteroatoms. The van der Waals surface area contributed by atoms with Crippen LogP contribution in [0, 0.1) is 0 Å². The average Bonchev–Trinajstić information content (AvgIpc) is 2.96. The van der Waals surface area contributed by atoms with Gasteiger partial charge in [0.2, 0.25) is 0 Å². The minimum Gasteiger partial charge on any atom is -0.486 e. The number of hydrogen-bond acceptors (Lipinski definition) is 4. The number of hydrogen-bond donors (Lipinski definition) is 1. The van der Waals surface area contributed by atoms with Crippen LogP contribution in [0.3, 0.4) is 0 Å². The molecule has 19 heavy (non-hydrogen) atoms. The monoisotopic (exact) mass is 276 g/mol. The lowest BCUT2D eigenvalue weighted by molar-refractivity contribution is 0.308. The molecule has 0 spiro atoms. The van der Waals surface area contributed by atoms with Crippen molar-refractivity contribution in [1.29, 1.82) is 0 Å². The maximum Gasteiger partial charge on any atom is 0.138 e. The summed E-state index contributed by atoms with van der Waals surface area (Å²) in [6.07, 6.45) is 2.93. The van der Waals surface area contributed by atoms with Crippen molar-refractivity contribution in [2.45, 2.75) is 32.9 Å². The molecule has 3 nitrogen and oxygen atoms in total. The van der Waals surface area contributed by atoms with E-state index in [2.05, 4.69) is 35.6 Å². The van der Waals surface area contributed by atoms with Gasteiger partial charge in [0.25, 0.3) is 0 Å². The van der Waals surface area contributed by atoms with E-state index in [9.17, 15) is 0 Å². The third-order valence-electron chi connectivity index (χ3n) is 2.86. The van der Waals surface area contributed by atoms with E-state index in [4.69, 9.17) is 4.74 Å². The van der Waals surface area contributed by atoms with E-state index in [1.54, 1.807) is 17.5 Å². The Hall–Kier alpha value is -1.39. The van der Waals surface area contributed by atoms with E-state index in [1.807, 2.05) is 18.2 Å². The van der Waals surface area contributed by atoms with E-state index in [0.717, 1.165) is 24.4 Å². The molecule has 0 aliphatic rings. The Morgan fingerprint density at radius 2 is 2.26 bits per heavy atom. The molecule has 0 saturated carbocycles. The van der Waals surface area contributed by atoms with Crippen molar-refractivity contribution in [2.75, 3.05) is 6.54 Å². The predicted molar refractivity (Wildman–Crippen MR) is 79.6 cm³/mol. The summed E-state index contributed by atoms with van der Waals surface area (Å²) in [5.74, 6) is 0.819. The molecular formula is C15H20N2OS. The second-order valence-electron chi connectivity index (χ2n) is 4.46. The lowest BCUT2D eigenvalue weighted by Gasteiger charge is -2.13. The second kappa shape index (κ2) is 7.26. The molecule has 0 aliphatic heterocycles. The standard InChI is InChI=1S/C15H20N2OS/c1-3-8-16-12(2)15-7-6-13(10-17-15)18-11-14-5-4-9-19-14/h4-7,9-10,12,16H,3,8,11H2,1-2H3. The van der Waals surface area contributed by atoms with Gasteiger partial charge in [-0.3, -0.25) is 4.98 Å². The predicted octanol–water partition coefficient (Wildman–Crippen LogP) is 3.78. The van der Waals surface area contributed by atoms with Crippen molar-refractivity contribution < 1.29 is 4.74 Å². The molecule has 0 fully saturated rings. The summed E-state index contributed by atoms with van der Waals surface area (Å²) in [6.45, 7) is 5.92. The van der Waals surface area contributed by atoms with Crippen molar-refractivity contribution in [3.05, 3.63) is 46.4 Å². The topological polar surface area (TPSA) is 34.1 Å². The van der Waals surface area contributed by atoms with Crippen molar-refractivity contribution in [2.24, 2.45) is 0 Å². The number of nitrogens with zero attached hydrogens (tertiary/aromatic N) is 1. The molecule has 102 valence electrons. The summed E-state index contributed by atoms with van der Waals surface area (Å²) in [7, 11) is 0. The Labute approximate surface area is 118 Å². The van der Waals surface area contributed by atoms with Crippen LogP contribution in [0.15, 0.2) is 35.8 Å². The minimum absolute atomic E-state index is 0.284. The summed E-state index contributed by atoms with van der Waals surface area (Å²) < 4.78 is 5.69. The number of pyridine rings is 1. The fourth-order valence-electron chi connectivity index (χ4n) is 1.75. The summed E-state index contributed by atoms with van der Waals surface area (Å²) in [5, 5.41) is 5.48. The van der Waals surface area contributed by atoms with Gasteiger partial charge < -0.3 is 10.1 Å². The van der Waals surface area contributed by atoms with Gasteiger partial charge in [-0.2, -0.15) is 0 Å². The van der Waals surface area contributed by atoms with E-state index in [0.29, 0.717) is 6.61 Å². The van der Waals surface area contributed by atoms with Gasteiger partial charge in [-0.05, 0) is 43.5 Å². The third-order valence-corrected chi connectivity index (χ3v) is 3.71. The normalized spacial score (nSPS) is 12.3. The molecule has 0 saturated heterocycles. The summed E-state index contributed by atoms with van der Waals surface area (Å²) >= 11 is 1.70. The quantitative estimate of drug-likeness (QED) is 0.835. The molecule has 0 aromatic carbocycles. The highest BCUT2D eigenvalue weighted by Gasteiger charge is 2.05. The van der Waals surface area contributed by atoms with Gasteiger partial charge in [0.05, 0.1) is 11.9 Å². The van der Waals surface area contributed by atoms with E-state index < -0.39 is 0 Å². The van der Waals surface area contributed by atoms with Crippen LogP contribution in [0.25, 0.3) is 0 Å². The first-order valence-corrected chi connectivity index (χ1v) is 7.52. The number of thiophene rings is 1. The molecule has 0 radical (unpaired) electrons. The van der Waals surface area contributed by atoms with Crippen LogP contribution in [-0.4, -0.2) is 11.5 Å². The van der Waals surface area contributed by atoms with Gasteiger partial charge >= 0.3 is 0 Å². The van der Waals surface area contributed by atoms with Crippen molar-refractivity contribution in [3.8, 4) is 5.75 Å². The largest absolute Gasteiger partial charge is 0.486 e. The number of ether oxygens (including phenoxy) is 1. The molecular weight excluding hydrogens is 256 g/mol. The lowest BCUT2D eigenvalue weighted by Crippen LogP contribution is -2.20. The van der Waals surface area contributed by atoms with E-state index >= 15 is 0 Å². The number of nitrogens with one attached hydrogen (secondary N) is 1. The summed E-state index contributed by atoms with van der Waals surface area (Å²) in [5.41, 5.74) is 1.05. The van der Waals surface area contributed by atoms with Crippen LogP contribution in [-0.2, 0) is 6.61 Å². The van der Waals surface area contributed by atoms with Crippen LogP contribution in [0.2, 0.25) is 0 Å². The van der Waals surface area contributed by atoms with Crippen molar-refractivity contribution in [3.63, 3.8) is 0 Å². The van der Waals surface area contributed by atoms with Crippen molar-refractivity contribution in [1.82, 2.24) is 10.3 Å². The van der Waals surface area contributed by atoms with Gasteiger partial charge in [-0.15, -0.1) is 11.3 Å². The highest BCUT2D eigenvalue weighted by Crippen LogP contribution is 2.17. The van der Waals surface area contributed by atoms with Gasteiger partial charge in [0, 0.05) is 10.9 Å². The molecule has 0 amide bonds. The van der Waals surface area contributed by atoms with Gasteiger partial charge in [-0.1, -0.05) is 13.0 Å². The van der Waals surface area contributed by atoms with Crippen LogP contribution in [0.4, 0.5) is 0 Å². The van der Waals surface area contributed by atoms with E-state index in [-0.39, 0.29) is 6.04 Å². The third kappa shape index (κ3) is 4.33. The molecule has 1 N–H and O–H groups in total. The zero-order valence-electron chi connectivity index (χ0n) is 11.4. The Morgan fingerprint density at radius 3 is 2.89 bits per heavy atom. The second-order valence-corrected chi connectivity index (χ2v) is 5.49. The number of rotatable bonds is 7. The molecule has 2 aromatic heterocycles. The van der Waals surface area contributed by atoms with Crippen molar-refractivity contribution >= 4 is 11.3 Å². The van der Waals surface area contributed by atoms with Gasteiger partial charge in [0.15, 0.2) is 0 Å². The SMILES string of the molecule is CCCNC(C)c1ccc(OCc2cccs2)cn1. The van der Waals surface area contributed by atoms with E-state index in [1.165, 1.54) is 4.88 Å². The molecule has 2 heterocycles. The Bertz CT molecular complexity index is 467. The summed E-state index contributed by atoms with van der Waals surface area (Å²) in [6, 6.07) is 8.40. The van der Waals surface area contributed by atoms with Crippen LogP contribution in [0.1, 0.15) is 36.9 Å². The smallest absolute Gasteiger partial charge is 0.138 e. The fourth-order valence-corrected chi connectivity index (χ4v) is 2.36. The Morgan fingerprint density at radius 1 is 1.37 bits per heavy atom. The van der Waals surface area contributed by atoms with Gasteiger partial charge in [-0.25, -0.2) is 0 Å². The minimum atomic E-state index is 0.284. The Kier molecular flexibility index (Phi) is 5.36. The fraction of sp³-hybridized carbons (Fsp3) is 0.400. The zero-order chi connectivity index (χ0) is 13.5. The molecule has 2 rings (SSSR count). The first-order valence-electron chi connectivity index (χ1n) is 6.64. The maximum absolute atomic E-state index is 5.69. The molecule has 0 bridgehead atoms. The van der Waals surface area contributed by atoms with Gasteiger partial charge in [0.1, 0.15) is 12.4 Å². The lowest BCUT2D eigenvalue weighted by atomic mass is 10.2. The van der Waals surface area contributed by atoms with Crippen LogP contribution in [0.5, 0.6) is 5.75 Å². The molecule has 1 unspecified atom stereocenters. The molecule has 2 aromatic rings. The zero-order valence-corrected chi connectivity index (χ0v) is 12.2. The Balaban J connectivity index is 1.87. The molecule has 1 atom stereocenters. The molecule has 0 aliphatic carbocycles. The average molecular weight is 276 g/mol.